The second-order valence-corrected chi connectivity index (χ2v) is 9.43. The van der Waals surface area contributed by atoms with Gasteiger partial charge in [0.1, 0.15) is 17.3 Å². The Morgan fingerprint density at radius 3 is 2.52 bits per heavy atom. The van der Waals surface area contributed by atoms with Gasteiger partial charge in [-0.05, 0) is 49.6 Å². The van der Waals surface area contributed by atoms with E-state index in [4.69, 9.17) is 4.98 Å². The van der Waals surface area contributed by atoms with Crippen molar-refractivity contribution in [2.45, 2.75) is 38.6 Å². The molecule has 1 aromatic heterocycles. The van der Waals surface area contributed by atoms with Gasteiger partial charge in [-0.15, -0.1) is 0 Å². The summed E-state index contributed by atoms with van der Waals surface area (Å²) in [5, 5.41) is 0. The molecule has 1 aliphatic heterocycles. The molecule has 0 unspecified atom stereocenters. The van der Waals surface area contributed by atoms with Crippen LogP contribution in [-0.4, -0.2) is 52.9 Å². The van der Waals surface area contributed by atoms with Crippen LogP contribution in [0.25, 0.3) is 11.1 Å². The van der Waals surface area contributed by atoms with Gasteiger partial charge >= 0.3 is 0 Å². The molecule has 3 aromatic rings. The molecule has 1 amide bonds. The summed E-state index contributed by atoms with van der Waals surface area (Å²) in [5.74, 6) is 0.399. The minimum absolute atomic E-state index is 0.114. The highest BCUT2D eigenvalue weighted by Crippen LogP contribution is 2.34. The molecule has 1 saturated heterocycles. The molecule has 172 valence electrons. The second kappa shape index (κ2) is 9.40. The number of aromatic nitrogens is 2. The van der Waals surface area contributed by atoms with Crippen LogP contribution in [0.5, 0.6) is 0 Å². The molecule has 1 fully saturated rings. The molecule has 4 rings (SSSR count). The lowest BCUT2D eigenvalue weighted by Gasteiger charge is -2.40. The van der Waals surface area contributed by atoms with Crippen LogP contribution in [0.3, 0.4) is 0 Å². The van der Waals surface area contributed by atoms with Gasteiger partial charge in [-0.25, -0.2) is 14.4 Å². The molecule has 2 heterocycles. The van der Waals surface area contributed by atoms with Crippen molar-refractivity contribution in [2.75, 3.05) is 27.2 Å². The number of hydrogen-bond donors (Lipinski definition) is 0. The number of nitrogens with zero attached hydrogens (tertiary/aromatic N) is 4. The number of likely N-dealkylation sites (tertiary alicyclic amines) is 1. The lowest BCUT2D eigenvalue weighted by atomic mass is 9.80. The third-order valence-corrected chi connectivity index (χ3v) is 6.37. The molecule has 1 aliphatic rings. The fourth-order valence-electron chi connectivity index (χ4n) is 4.68. The second-order valence-electron chi connectivity index (χ2n) is 9.43. The summed E-state index contributed by atoms with van der Waals surface area (Å²) in [7, 11) is 3.47. The van der Waals surface area contributed by atoms with Crippen LogP contribution in [0.1, 0.15) is 47.3 Å². The van der Waals surface area contributed by atoms with E-state index in [1.807, 2.05) is 37.3 Å². The van der Waals surface area contributed by atoms with Gasteiger partial charge in [0, 0.05) is 43.9 Å². The van der Waals surface area contributed by atoms with Crippen molar-refractivity contribution in [1.82, 2.24) is 19.8 Å². The van der Waals surface area contributed by atoms with Gasteiger partial charge in [-0.2, -0.15) is 0 Å². The predicted octanol–water partition coefficient (Wildman–Crippen LogP) is 4.85. The fraction of sp³-hybridized carbons (Fsp3) is 0.370. The number of halogens is 1. The van der Waals surface area contributed by atoms with Gasteiger partial charge in [0.25, 0.3) is 5.91 Å². The standard InChI is InChI=1S/C27H31FN4O/c1-19-16-24(25(33)31(3)4)30-26(29-19)27(2)14-9-15-32(18-27)17-20-10-5-6-11-21(20)22-12-7-8-13-23(22)28/h5-8,10-13,16H,9,14-15,17-18H2,1-4H3/t27-/m0/s1. The molecule has 1 atom stereocenters. The maximum absolute atomic E-state index is 14.5. The summed E-state index contributed by atoms with van der Waals surface area (Å²) in [6.45, 7) is 6.54. The predicted molar refractivity (Wildman–Crippen MR) is 128 cm³/mol. The highest BCUT2D eigenvalue weighted by atomic mass is 19.1. The average molecular weight is 447 g/mol. The minimum Gasteiger partial charge on any atom is -0.343 e. The van der Waals surface area contributed by atoms with Crippen molar-refractivity contribution in [2.24, 2.45) is 0 Å². The summed E-state index contributed by atoms with van der Waals surface area (Å²) < 4.78 is 14.5. The third-order valence-electron chi connectivity index (χ3n) is 6.37. The summed E-state index contributed by atoms with van der Waals surface area (Å²) in [4.78, 5) is 25.9. The number of piperidine rings is 1. The van der Waals surface area contributed by atoms with Crippen molar-refractivity contribution in [3.8, 4) is 11.1 Å². The van der Waals surface area contributed by atoms with E-state index in [-0.39, 0.29) is 17.1 Å². The highest BCUT2D eigenvalue weighted by Gasteiger charge is 2.36. The largest absolute Gasteiger partial charge is 0.343 e. The zero-order chi connectivity index (χ0) is 23.6. The first-order valence-corrected chi connectivity index (χ1v) is 11.4. The van der Waals surface area contributed by atoms with Gasteiger partial charge in [0.15, 0.2) is 0 Å². The Morgan fingerprint density at radius 1 is 1.09 bits per heavy atom. The first-order valence-electron chi connectivity index (χ1n) is 11.4. The van der Waals surface area contributed by atoms with E-state index in [0.29, 0.717) is 11.3 Å². The minimum atomic E-state index is -0.265. The Hall–Kier alpha value is -3.12. The monoisotopic (exact) mass is 446 g/mol. The van der Waals surface area contributed by atoms with E-state index in [9.17, 15) is 9.18 Å². The van der Waals surface area contributed by atoms with Crippen molar-refractivity contribution < 1.29 is 9.18 Å². The SMILES string of the molecule is Cc1cc(C(=O)N(C)C)nc([C@@]2(C)CCCN(Cc3ccccc3-c3ccccc3F)C2)n1. The quantitative estimate of drug-likeness (QED) is 0.562. The van der Waals surface area contributed by atoms with Gasteiger partial charge in [-0.1, -0.05) is 49.4 Å². The molecule has 2 aromatic carbocycles. The molecule has 33 heavy (non-hydrogen) atoms. The maximum atomic E-state index is 14.5. The lowest BCUT2D eigenvalue weighted by molar-refractivity contribution is 0.0820. The molecule has 0 aliphatic carbocycles. The van der Waals surface area contributed by atoms with Crippen LogP contribution < -0.4 is 0 Å². The molecule has 0 spiro atoms. The van der Waals surface area contributed by atoms with E-state index in [1.165, 1.54) is 6.07 Å². The normalized spacial score (nSPS) is 18.8. The average Bonchev–Trinajstić information content (AvgIpc) is 2.79. The number of carbonyl (C=O) groups excluding carboxylic acids is 1. The molecule has 0 N–H and O–H groups in total. The number of rotatable bonds is 5. The zero-order valence-electron chi connectivity index (χ0n) is 19.8. The number of hydrogen-bond acceptors (Lipinski definition) is 4. The van der Waals surface area contributed by atoms with Gasteiger partial charge in [0.2, 0.25) is 0 Å². The third kappa shape index (κ3) is 4.96. The van der Waals surface area contributed by atoms with Crippen molar-refractivity contribution >= 4 is 5.91 Å². The first kappa shape index (κ1) is 23.1. The topological polar surface area (TPSA) is 49.3 Å². The van der Waals surface area contributed by atoms with Gasteiger partial charge in [0.05, 0.1) is 0 Å². The zero-order valence-corrected chi connectivity index (χ0v) is 19.8. The summed E-state index contributed by atoms with van der Waals surface area (Å²) in [6, 6.07) is 16.7. The van der Waals surface area contributed by atoms with E-state index in [1.54, 1.807) is 31.1 Å². The summed E-state index contributed by atoms with van der Waals surface area (Å²) in [6.07, 6.45) is 1.96. The maximum Gasteiger partial charge on any atom is 0.272 e. The van der Waals surface area contributed by atoms with Crippen LogP contribution >= 0.6 is 0 Å². The molecular formula is C27H31FN4O. The first-order chi connectivity index (χ1) is 15.8. The Labute approximate surface area is 195 Å². The van der Waals surface area contributed by atoms with E-state index in [0.717, 1.165) is 55.1 Å². The van der Waals surface area contributed by atoms with Gasteiger partial charge in [-0.3, -0.25) is 9.69 Å². The van der Waals surface area contributed by atoms with E-state index >= 15 is 0 Å². The molecular weight excluding hydrogens is 415 g/mol. The number of carbonyl (C=O) groups is 1. The van der Waals surface area contributed by atoms with Gasteiger partial charge < -0.3 is 4.90 Å². The smallest absolute Gasteiger partial charge is 0.272 e. The van der Waals surface area contributed by atoms with E-state index in [2.05, 4.69) is 22.9 Å². The van der Waals surface area contributed by atoms with Crippen LogP contribution in [-0.2, 0) is 12.0 Å². The van der Waals surface area contributed by atoms with Crippen molar-refractivity contribution in [1.29, 1.82) is 0 Å². The Morgan fingerprint density at radius 2 is 1.79 bits per heavy atom. The summed E-state index contributed by atoms with van der Waals surface area (Å²) >= 11 is 0. The van der Waals surface area contributed by atoms with Crippen molar-refractivity contribution in [3.05, 3.63) is 83.2 Å². The van der Waals surface area contributed by atoms with E-state index < -0.39 is 0 Å². The number of amides is 1. The summed E-state index contributed by atoms with van der Waals surface area (Å²) in [5.41, 5.74) is 3.62. The fourth-order valence-corrected chi connectivity index (χ4v) is 4.68. The lowest BCUT2D eigenvalue weighted by Crippen LogP contribution is -2.45. The molecule has 0 bridgehead atoms. The molecule has 6 heteroatoms. The highest BCUT2D eigenvalue weighted by molar-refractivity contribution is 5.92. The number of benzene rings is 2. The Kier molecular flexibility index (Phi) is 6.56. The Bertz CT molecular complexity index is 1160. The van der Waals surface area contributed by atoms with Crippen LogP contribution in [0, 0.1) is 12.7 Å². The van der Waals surface area contributed by atoms with Crippen LogP contribution in [0.4, 0.5) is 4.39 Å². The van der Waals surface area contributed by atoms with Crippen LogP contribution in [0.2, 0.25) is 0 Å². The van der Waals surface area contributed by atoms with Crippen LogP contribution in [0.15, 0.2) is 54.6 Å². The molecule has 5 nitrogen and oxygen atoms in total. The van der Waals surface area contributed by atoms with Crippen molar-refractivity contribution in [3.63, 3.8) is 0 Å². The number of aryl methyl sites for hydroxylation is 1. The molecule has 0 saturated carbocycles. The molecule has 0 radical (unpaired) electrons. The Balaban J connectivity index is 1.61.